The second kappa shape index (κ2) is 15.3. The number of benzene rings is 2. The lowest BCUT2D eigenvalue weighted by molar-refractivity contribution is -0.133. The van der Waals surface area contributed by atoms with Crippen LogP contribution >= 0.6 is 0 Å². The molecule has 2 aromatic carbocycles. The minimum Gasteiger partial charge on any atom is -0.467 e. The lowest BCUT2D eigenvalue weighted by Crippen LogP contribution is -2.45. The van der Waals surface area contributed by atoms with Crippen LogP contribution < -0.4 is 14.8 Å². The molecule has 3 heterocycles. The summed E-state index contributed by atoms with van der Waals surface area (Å²) in [6.45, 7) is 6.76. The molecule has 1 fully saturated rings. The average molecular weight is 607 g/mol. The molecule has 2 aliphatic rings. The van der Waals surface area contributed by atoms with E-state index in [2.05, 4.69) is 10.2 Å². The Hall–Kier alpha value is -4.55. The van der Waals surface area contributed by atoms with Crippen molar-refractivity contribution >= 4 is 23.6 Å². The summed E-state index contributed by atoms with van der Waals surface area (Å²) in [4.78, 5) is 44.9. The number of hydrogen-bond donors (Lipinski definition) is 1. The highest BCUT2D eigenvalue weighted by atomic mass is 16.7. The molecule has 234 valence electrons. The fourth-order valence-electron chi connectivity index (χ4n) is 5.01. The Morgan fingerprint density at radius 2 is 1.75 bits per heavy atom. The van der Waals surface area contributed by atoms with E-state index in [1.54, 1.807) is 48.4 Å². The van der Waals surface area contributed by atoms with Crippen LogP contribution in [0.25, 0.3) is 0 Å². The summed E-state index contributed by atoms with van der Waals surface area (Å²) in [6.07, 6.45) is 2.25. The Morgan fingerprint density at radius 3 is 2.50 bits per heavy atom. The van der Waals surface area contributed by atoms with Crippen LogP contribution in [0.3, 0.4) is 0 Å². The quantitative estimate of drug-likeness (QED) is 0.288. The second-order valence-electron chi connectivity index (χ2n) is 10.5. The van der Waals surface area contributed by atoms with Crippen molar-refractivity contribution in [3.63, 3.8) is 0 Å². The van der Waals surface area contributed by atoms with Crippen molar-refractivity contribution in [3.05, 3.63) is 77.7 Å². The highest BCUT2D eigenvalue weighted by molar-refractivity contribution is 5.94. The summed E-state index contributed by atoms with van der Waals surface area (Å²) in [5.41, 5.74) is 1.75. The summed E-state index contributed by atoms with van der Waals surface area (Å²) in [5.74, 6) is 1.25. The van der Waals surface area contributed by atoms with Crippen molar-refractivity contribution in [3.8, 4) is 11.5 Å². The molecule has 1 aromatic heterocycles. The zero-order valence-corrected chi connectivity index (χ0v) is 24.9. The Labute approximate surface area is 256 Å². The van der Waals surface area contributed by atoms with Crippen LogP contribution in [0.15, 0.2) is 65.3 Å². The first-order chi connectivity index (χ1) is 21.5. The number of nitrogens with zero attached hydrogens (tertiary/aromatic N) is 3. The van der Waals surface area contributed by atoms with Crippen LogP contribution in [0.5, 0.6) is 11.5 Å². The highest BCUT2D eigenvalue weighted by Crippen LogP contribution is 2.33. The first kappa shape index (κ1) is 30.9. The fraction of sp³-hybridized carbons (Fsp3) is 0.406. The summed E-state index contributed by atoms with van der Waals surface area (Å²) < 4.78 is 27.0. The number of hydrogen-bond acceptors (Lipinski definition) is 9. The number of morpholine rings is 1. The Morgan fingerprint density at radius 1 is 0.955 bits per heavy atom. The van der Waals surface area contributed by atoms with Gasteiger partial charge in [-0.05, 0) is 67.4 Å². The minimum absolute atomic E-state index is 0.138. The topological polar surface area (TPSA) is 123 Å². The van der Waals surface area contributed by atoms with Crippen LogP contribution in [-0.4, -0.2) is 91.9 Å². The van der Waals surface area contributed by atoms with Gasteiger partial charge in [0.05, 0.1) is 38.2 Å². The third-order valence-electron chi connectivity index (χ3n) is 7.36. The summed E-state index contributed by atoms with van der Waals surface area (Å²) in [5, 5.41) is 2.88. The molecule has 1 N–H and O–H groups in total. The summed E-state index contributed by atoms with van der Waals surface area (Å²) >= 11 is 0. The molecule has 0 saturated carbocycles. The number of urea groups is 1. The molecule has 0 spiro atoms. The maximum absolute atomic E-state index is 13.8. The van der Waals surface area contributed by atoms with Gasteiger partial charge in [-0.15, -0.1) is 0 Å². The lowest BCUT2D eigenvalue weighted by atomic mass is 10.2. The maximum Gasteiger partial charge on any atom is 0.338 e. The molecule has 3 aromatic rings. The monoisotopic (exact) mass is 606 g/mol. The Bertz CT molecular complexity index is 1390. The largest absolute Gasteiger partial charge is 0.467 e. The molecule has 44 heavy (non-hydrogen) atoms. The summed E-state index contributed by atoms with van der Waals surface area (Å²) in [7, 11) is 0. The standard InChI is InChI=1S/C32H38N4O8/c1-2-41-31(38)25-7-9-26(10-8-25)33-32(39)35(13-4-12-34-14-17-40-18-15-34)22-30(37)36(21-27-5-3-16-42-27)20-24-6-11-28-29(19-24)44-23-43-28/h3,5-11,16,19H,2,4,12-15,17-18,20-23H2,1H3,(H,33,39). The molecule has 12 heteroatoms. The Balaban J connectivity index is 1.29. The third kappa shape index (κ3) is 8.51. The fourth-order valence-corrected chi connectivity index (χ4v) is 5.01. The SMILES string of the molecule is CCOC(=O)c1ccc(NC(=O)N(CCCN2CCOCC2)CC(=O)N(Cc2ccc3c(c2)OCO3)Cc2ccco2)cc1. The molecule has 12 nitrogen and oxygen atoms in total. The molecule has 0 radical (unpaired) electrons. The van der Waals surface area contributed by atoms with Gasteiger partial charge in [-0.1, -0.05) is 6.07 Å². The van der Waals surface area contributed by atoms with Crippen LogP contribution in [0.4, 0.5) is 10.5 Å². The van der Waals surface area contributed by atoms with Gasteiger partial charge >= 0.3 is 12.0 Å². The lowest BCUT2D eigenvalue weighted by Gasteiger charge is -2.30. The summed E-state index contributed by atoms with van der Waals surface area (Å²) in [6, 6.07) is 15.2. The van der Waals surface area contributed by atoms with Gasteiger partial charge in [0.2, 0.25) is 12.7 Å². The zero-order valence-electron chi connectivity index (χ0n) is 24.9. The van der Waals surface area contributed by atoms with Crippen molar-refractivity contribution in [2.45, 2.75) is 26.4 Å². The maximum atomic E-state index is 13.8. The number of esters is 1. The van der Waals surface area contributed by atoms with E-state index in [9.17, 15) is 14.4 Å². The van der Waals surface area contributed by atoms with E-state index in [-0.39, 0.29) is 38.9 Å². The molecule has 5 rings (SSSR count). The predicted octanol–water partition coefficient (Wildman–Crippen LogP) is 3.97. The molecule has 0 unspecified atom stereocenters. The molecule has 0 atom stereocenters. The molecule has 1 saturated heterocycles. The van der Waals surface area contributed by atoms with Gasteiger partial charge < -0.3 is 38.5 Å². The number of furan rings is 1. The smallest absolute Gasteiger partial charge is 0.338 e. The Kier molecular flexibility index (Phi) is 10.7. The van der Waals surface area contributed by atoms with E-state index in [0.717, 1.165) is 25.2 Å². The number of anilines is 1. The van der Waals surface area contributed by atoms with Gasteiger partial charge in [-0.2, -0.15) is 0 Å². The van der Waals surface area contributed by atoms with Gasteiger partial charge in [-0.25, -0.2) is 9.59 Å². The van der Waals surface area contributed by atoms with Crippen molar-refractivity contribution in [2.75, 3.05) is 64.7 Å². The van der Waals surface area contributed by atoms with Gasteiger partial charge in [0.15, 0.2) is 11.5 Å². The highest BCUT2D eigenvalue weighted by Gasteiger charge is 2.24. The number of carbonyl (C=O) groups is 3. The minimum atomic E-state index is -0.431. The third-order valence-corrected chi connectivity index (χ3v) is 7.36. The molecular formula is C32H38N4O8. The van der Waals surface area contributed by atoms with Crippen molar-refractivity contribution in [1.29, 1.82) is 0 Å². The molecule has 0 bridgehead atoms. The molecule has 3 amide bonds. The van der Waals surface area contributed by atoms with E-state index in [1.807, 2.05) is 24.3 Å². The molecule has 0 aliphatic carbocycles. The van der Waals surface area contributed by atoms with Crippen molar-refractivity contribution in [2.24, 2.45) is 0 Å². The van der Waals surface area contributed by atoms with Gasteiger partial charge in [0.1, 0.15) is 12.3 Å². The van der Waals surface area contributed by atoms with E-state index in [0.29, 0.717) is 54.7 Å². The zero-order chi connectivity index (χ0) is 30.7. The number of fused-ring (bicyclic) bond motifs is 1. The molecule has 2 aliphatic heterocycles. The van der Waals surface area contributed by atoms with Gasteiger partial charge in [-0.3, -0.25) is 9.69 Å². The van der Waals surface area contributed by atoms with Crippen molar-refractivity contribution < 1.29 is 37.7 Å². The normalized spacial score (nSPS) is 14.2. The number of nitrogens with one attached hydrogen (secondary N) is 1. The van der Waals surface area contributed by atoms with E-state index in [1.165, 1.54) is 4.90 Å². The van der Waals surface area contributed by atoms with Crippen LogP contribution in [-0.2, 0) is 27.4 Å². The van der Waals surface area contributed by atoms with E-state index >= 15 is 0 Å². The van der Waals surface area contributed by atoms with Crippen LogP contribution in [0, 0.1) is 0 Å². The van der Waals surface area contributed by atoms with Gasteiger partial charge in [0, 0.05) is 38.4 Å². The number of ether oxygens (including phenoxy) is 4. The van der Waals surface area contributed by atoms with Crippen molar-refractivity contribution in [1.82, 2.24) is 14.7 Å². The average Bonchev–Trinajstić information content (AvgIpc) is 3.73. The second-order valence-corrected chi connectivity index (χ2v) is 10.5. The first-order valence-corrected chi connectivity index (χ1v) is 14.8. The van der Waals surface area contributed by atoms with Crippen LogP contribution in [0.2, 0.25) is 0 Å². The number of carbonyl (C=O) groups excluding carboxylic acids is 3. The number of amides is 3. The molecular weight excluding hydrogens is 568 g/mol. The predicted molar refractivity (Wildman–Crippen MR) is 160 cm³/mol. The number of rotatable bonds is 13. The van der Waals surface area contributed by atoms with Gasteiger partial charge in [0.25, 0.3) is 0 Å². The first-order valence-electron chi connectivity index (χ1n) is 14.8. The van der Waals surface area contributed by atoms with E-state index in [4.69, 9.17) is 23.4 Å². The van der Waals surface area contributed by atoms with E-state index < -0.39 is 12.0 Å². The van der Waals surface area contributed by atoms with Crippen LogP contribution in [0.1, 0.15) is 35.0 Å².